The molecule has 5 aliphatic rings. The van der Waals surface area contributed by atoms with Crippen LogP contribution in [-0.4, -0.2) is 13.1 Å². The van der Waals surface area contributed by atoms with Gasteiger partial charge in [-0.25, -0.2) is 0 Å². The molecule has 0 aromatic carbocycles. The monoisotopic (exact) mass is 289 g/mol. The number of hydrogen-bond acceptors (Lipinski definition) is 1. The summed E-state index contributed by atoms with van der Waals surface area (Å²) in [7, 11) is 2.26. The molecule has 0 heterocycles. The quantitative estimate of drug-likeness (QED) is 0.793. The van der Waals surface area contributed by atoms with Gasteiger partial charge >= 0.3 is 0 Å². The molecule has 4 unspecified atom stereocenters. The van der Waals surface area contributed by atoms with Crippen molar-refractivity contribution in [2.75, 3.05) is 7.05 Å². The molecule has 4 bridgehead atoms. The summed E-state index contributed by atoms with van der Waals surface area (Å²) in [5, 5.41) is 3.84. The maximum absolute atomic E-state index is 3.84. The van der Waals surface area contributed by atoms with Gasteiger partial charge in [0.2, 0.25) is 0 Å². The van der Waals surface area contributed by atoms with Crippen LogP contribution < -0.4 is 5.32 Å². The Kier molecular flexibility index (Phi) is 3.84. The zero-order chi connectivity index (χ0) is 14.6. The molecule has 21 heavy (non-hydrogen) atoms. The van der Waals surface area contributed by atoms with Crippen molar-refractivity contribution in [2.45, 2.75) is 71.3 Å². The van der Waals surface area contributed by atoms with Crippen molar-refractivity contribution in [2.24, 2.45) is 47.3 Å². The molecule has 5 saturated carbocycles. The Morgan fingerprint density at radius 1 is 0.762 bits per heavy atom. The summed E-state index contributed by atoms with van der Waals surface area (Å²) in [5.41, 5.74) is 0. The lowest BCUT2D eigenvalue weighted by Crippen LogP contribution is -2.55. The van der Waals surface area contributed by atoms with Crippen molar-refractivity contribution in [3.8, 4) is 0 Å². The normalized spacial score (nSPS) is 53.9. The first kappa shape index (κ1) is 14.5. The first-order chi connectivity index (χ1) is 10.2. The van der Waals surface area contributed by atoms with Crippen molar-refractivity contribution < 1.29 is 0 Å². The third kappa shape index (κ3) is 2.48. The summed E-state index contributed by atoms with van der Waals surface area (Å²) in [5.74, 6) is 8.27. The fourth-order valence-electron chi connectivity index (χ4n) is 7.21. The fourth-order valence-corrected chi connectivity index (χ4v) is 7.21. The van der Waals surface area contributed by atoms with Gasteiger partial charge in [0.25, 0.3) is 0 Å². The zero-order valence-corrected chi connectivity index (χ0v) is 14.4. The van der Waals surface area contributed by atoms with E-state index in [-0.39, 0.29) is 0 Å². The standard InChI is InChI=1S/C20H35N/c1-12-4-5-16(6-13(12)2)20(21-3)19-17-8-14-7-15(10-17)11-18(19)9-14/h12-21H,4-11H2,1-3H3. The lowest BCUT2D eigenvalue weighted by Gasteiger charge is -2.58. The smallest absolute Gasteiger partial charge is 0.0126 e. The van der Waals surface area contributed by atoms with E-state index in [4.69, 9.17) is 0 Å². The Hall–Kier alpha value is -0.0400. The number of rotatable bonds is 3. The molecule has 5 fully saturated rings. The van der Waals surface area contributed by atoms with Crippen LogP contribution in [0.2, 0.25) is 0 Å². The molecule has 0 aromatic heterocycles. The summed E-state index contributed by atoms with van der Waals surface area (Å²) in [6, 6.07) is 0.829. The highest BCUT2D eigenvalue weighted by Crippen LogP contribution is 2.58. The van der Waals surface area contributed by atoms with Crippen molar-refractivity contribution >= 4 is 0 Å². The Morgan fingerprint density at radius 2 is 1.38 bits per heavy atom. The van der Waals surface area contributed by atoms with E-state index in [2.05, 4.69) is 26.2 Å². The molecular formula is C20H35N. The minimum atomic E-state index is 0.829. The predicted molar refractivity (Wildman–Crippen MR) is 89.1 cm³/mol. The molecule has 0 amide bonds. The van der Waals surface area contributed by atoms with E-state index in [1.807, 2.05) is 0 Å². The van der Waals surface area contributed by atoms with Crippen LogP contribution in [0, 0.1) is 47.3 Å². The Balaban J connectivity index is 1.51. The van der Waals surface area contributed by atoms with Crippen molar-refractivity contribution in [1.29, 1.82) is 0 Å². The first-order valence-corrected chi connectivity index (χ1v) is 9.83. The van der Waals surface area contributed by atoms with E-state index >= 15 is 0 Å². The molecule has 4 atom stereocenters. The molecule has 0 aromatic rings. The average molecular weight is 290 g/mol. The summed E-state index contributed by atoms with van der Waals surface area (Å²) in [6.07, 6.45) is 12.3. The zero-order valence-electron chi connectivity index (χ0n) is 14.4. The highest BCUT2D eigenvalue weighted by Gasteiger charge is 2.51. The molecule has 1 heteroatoms. The average Bonchev–Trinajstić information content (AvgIpc) is 2.45. The summed E-state index contributed by atoms with van der Waals surface area (Å²) >= 11 is 0. The first-order valence-electron chi connectivity index (χ1n) is 9.83. The summed E-state index contributed by atoms with van der Waals surface area (Å²) in [6.45, 7) is 4.97. The second-order valence-corrected chi connectivity index (χ2v) is 9.35. The van der Waals surface area contributed by atoms with E-state index in [1.165, 1.54) is 19.3 Å². The van der Waals surface area contributed by atoms with Gasteiger partial charge in [-0.05, 0) is 99.3 Å². The molecule has 0 radical (unpaired) electrons. The van der Waals surface area contributed by atoms with Crippen LogP contribution in [0.3, 0.4) is 0 Å². The Bertz CT molecular complexity index is 348. The third-order valence-electron chi connectivity index (χ3n) is 8.19. The molecule has 0 aliphatic heterocycles. The van der Waals surface area contributed by atoms with Crippen molar-refractivity contribution in [3.63, 3.8) is 0 Å². The van der Waals surface area contributed by atoms with E-state index < -0.39 is 0 Å². The summed E-state index contributed by atoms with van der Waals surface area (Å²) in [4.78, 5) is 0. The van der Waals surface area contributed by atoms with Crippen LogP contribution in [0.25, 0.3) is 0 Å². The Labute approximate surface area is 131 Å². The van der Waals surface area contributed by atoms with Gasteiger partial charge in [0, 0.05) is 6.04 Å². The lowest BCUT2D eigenvalue weighted by atomic mass is 9.49. The van der Waals surface area contributed by atoms with E-state index in [1.54, 1.807) is 32.1 Å². The van der Waals surface area contributed by atoms with Gasteiger partial charge in [-0.2, -0.15) is 0 Å². The van der Waals surface area contributed by atoms with E-state index in [0.717, 1.165) is 53.4 Å². The molecule has 1 nitrogen and oxygen atoms in total. The largest absolute Gasteiger partial charge is 0.316 e. The van der Waals surface area contributed by atoms with Gasteiger partial charge in [0.05, 0.1) is 0 Å². The van der Waals surface area contributed by atoms with Gasteiger partial charge in [-0.1, -0.05) is 20.3 Å². The second kappa shape index (κ2) is 5.55. The molecule has 120 valence electrons. The Morgan fingerprint density at radius 3 is 1.90 bits per heavy atom. The highest BCUT2D eigenvalue weighted by molar-refractivity contribution is 5.03. The van der Waals surface area contributed by atoms with Crippen LogP contribution in [-0.2, 0) is 0 Å². The van der Waals surface area contributed by atoms with E-state index in [0.29, 0.717) is 0 Å². The maximum Gasteiger partial charge on any atom is 0.0126 e. The molecule has 0 spiro atoms. The van der Waals surface area contributed by atoms with E-state index in [9.17, 15) is 0 Å². The van der Waals surface area contributed by atoms with Crippen LogP contribution in [0.5, 0.6) is 0 Å². The van der Waals surface area contributed by atoms with Crippen molar-refractivity contribution in [1.82, 2.24) is 5.32 Å². The van der Waals surface area contributed by atoms with Crippen LogP contribution in [0.1, 0.15) is 65.2 Å². The number of nitrogens with one attached hydrogen (secondary N) is 1. The maximum atomic E-state index is 3.84. The predicted octanol–water partition coefficient (Wildman–Crippen LogP) is 4.72. The number of hydrogen-bond donors (Lipinski definition) is 1. The van der Waals surface area contributed by atoms with Gasteiger partial charge in [-0.3, -0.25) is 0 Å². The minimum absolute atomic E-state index is 0.829. The van der Waals surface area contributed by atoms with Crippen molar-refractivity contribution in [3.05, 3.63) is 0 Å². The van der Waals surface area contributed by atoms with Gasteiger partial charge < -0.3 is 5.32 Å². The second-order valence-electron chi connectivity index (χ2n) is 9.35. The fraction of sp³-hybridized carbons (Fsp3) is 1.00. The molecular weight excluding hydrogens is 254 g/mol. The van der Waals surface area contributed by atoms with Crippen LogP contribution in [0.4, 0.5) is 0 Å². The molecule has 5 aliphatic carbocycles. The highest BCUT2D eigenvalue weighted by atomic mass is 14.9. The lowest BCUT2D eigenvalue weighted by molar-refractivity contribution is -0.0644. The SMILES string of the molecule is CNC(C1CCC(C)C(C)C1)C1C2CC3CC(C2)CC1C3. The van der Waals surface area contributed by atoms with Gasteiger partial charge in [-0.15, -0.1) is 0 Å². The van der Waals surface area contributed by atoms with Gasteiger partial charge in [0.1, 0.15) is 0 Å². The topological polar surface area (TPSA) is 12.0 Å². The molecule has 5 rings (SSSR count). The van der Waals surface area contributed by atoms with Crippen LogP contribution >= 0.6 is 0 Å². The third-order valence-corrected chi connectivity index (χ3v) is 8.19. The summed E-state index contributed by atoms with van der Waals surface area (Å²) < 4.78 is 0. The molecule has 0 saturated heterocycles. The molecule has 1 N–H and O–H groups in total. The minimum Gasteiger partial charge on any atom is -0.316 e. The van der Waals surface area contributed by atoms with Crippen LogP contribution in [0.15, 0.2) is 0 Å². The van der Waals surface area contributed by atoms with Gasteiger partial charge in [0.15, 0.2) is 0 Å².